The van der Waals surface area contributed by atoms with Gasteiger partial charge in [0, 0.05) is 10.6 Å². The molecule has 2 N–H and O–H groups in total. The van der Waals surface area contributed by atoms with Crippen LogP contribution >= 0.6 is 34.8 Å². The predicted octanol–water partition coefficient (Wildman–Crippen LogP) is 4.09. The molecule has 1 amide bonds. The molecule has 1 aromatic carbocycles. The van der Waals surface area contributed by atoms with Crippen molar-refractivity contribution in [2.24, 2.45) is 22.4 Å². The number of hydrogen-bond acceptors (Lipinski definition) is 3. The van der Waals surface area contributed by atoms with Crippen molar-refractivity contribution in [2.75, 3.05) is 0 Å². The van der Waals surface area contributed by atoms with Gasteiger partial charge in [-0.2, -0.15) is 5.10 Å². The Morgan fingerprint density at radius 2 is 2.09 bits per heavy atom. The second-order valence-corrected chi connectivity index (χ2v) is 7.16. The van der Waals surface area contributed by atoms with Gasteiger partial charge in [-0.05, 0) is 35.6 Å². The smallest absolute Gasteiger partial charge is 0.244 e. The van der Waals surface area contributed by atoms with Crippen LogP contribution in [0, 0.1) is 17.3 Å². The summed E-state index contributed by atoms with van der Waals surface area (Å²) in [7, 11) is 0. The van der Waals surface area contributed by atoms with Crippen LogP contribution in [0.3, 0.4) is 0 Å². The molecule has 2 atom stereocenters. The maximum Gasteiger partial charge on any atom is 0.244 e. The molecule has 1 fully saturated rings. The SMILES string of the molecule is CC1(C)C(C=C(Cl)Cl)C1C(=O)NN=Cc1cc(Cl)ccc1O. The highest BCUT2D eigenvalue weighted by molar-refractivity contribution is 6.55. The van der Waals surface area contributed by atoms with Gasteiger partial charge in [-0.15, -0.1) is 0 Å². The highest BCUT2D eigenvalue weighted by atomic mass is 35.5. The van der Waals surface area contributed by atoms with Crippen LogP contribution in [0.15, 0.2) is 33.9 Å². The Morgan fingerprint density at radius 1 is 1.41 bits per heavy atom. The molecule has 1 aliphatic carbocycles. The molecule has 7 heteroatoms. The van der Waals surface area contributed by atoms with Crippen LogP contribution in [-0.2, 0) is 4.79 Å². The van der Waals surface area contributed by atoms with Gasteiger partial charge in [-0.1, -0.05) is 48.7 Å². The number of carbonyl (C=O) groups is 1. The Balaban J connectivity index is 2.00. The Morgan fingerprint density at radius 3 is 2.73 bits per heavy atom. The van der Waals surface area contributed by atoms with E-state index in [-0.39, 0.29) is 33.4 Å². The molecule has 2 rings (SSSR count). The van der Waals surface area contributed by atoms with Crippen LogP contribution in [0.1, 0.15) is 19.4 Å². The van der Waals surface area contributed by atoms with Gasteiger partial charge in [-0.3, -0.25) is 4.79 Å². The number of hydrogen-bond donors (Lipinski definition) is 2. The summed E-state index contributed by atoms with van der Waals surface area (Å²) in [6, 6.07) is 4.57. The van der Waals surface area contributed by atoms with E-state index in [9.17, 15) is 9.90 Å². The third-order valence-electron chi connectivity index (χ3n) is 3.87. The largest absolute Gasteiger partial charge is 0.507 e. The number of rotatable bonds is 4. The van der Waals surface area contributed by atoms with Crippen molar-refractivity contribution in [3.8, 4) is 5.75 Å². The van der Waals surface area contributed by atoms with E-state index in [0.717, 1.165) is 0 Å². The third kappa shape index (κ3) is 3.75. The average Bonchev–Trinajstić information content (AvgIpc) is 2.94. The van der Waals surface area contributed by atoms with Crippen molar-refractivity contribution in [3.63, 3.8) is 0 Å². The van der Waals surface area contributed by atoms with Gasteiger partial charge in [0.15, 0.2) is 0 Å². The lowest BCUT2D eigenvalue weighted by atomic mass is 10.1. The van der Waals surface area contributed by atoms with Gasteiger partial charge in [0.2, 0.25) is 5.91 Å². The summed E-state index contributed by atoms with van der Waals surface area (Å²) >= 11 is 17.1. The van der Waals surface area contributed by atoms with E-state index in [1.165, 1.54) is 12.3 Å². The van der Waals surface area contributed by atoms with Gasteiger partial charge in [0.1, 0.15) is 10.2 Å². The van der Waals surface area contributed by atoms with Gasteiger partial charge in [0.05, 0.1) is 12.1 Å². The number of aromatic hydroxyl groups is 1. The maximum absolute atomic E-state index is 12.1. The lowest BCUT2D eigenvalue weighted by molar-refractivity contribution is -0.123. The standard InChI is InChI=1S/C15H15Cl3N2O2/c1-15(2)10(6-12(17)18)13(15)14(22)20-19-7-8-5-9(16)3-4-11(8)21/h3-7,10,13,21H,1-2H3,(H,20,22). The zero-order valence-electron chi connectivity index (χ0n) is 12.0. The minimum absolute atomic E-state index is 0.0210. The van der Waals surface area contributed by atoms with Crippen LogP contribution in [0.2, 0.25) is 5.02 Å². The van der Waals surface area contributed by atoms with Crippen molar-refractivity contribution >= 4 is 46.9 Å². The number of allylic oxidation sites excluding steroid dienone is 1. The van der Waals surface area contributed by atoms with Crippen molar-refractivity contribution in [2.45, 2.75) is 13.8 Å². The average molecular weight is 362 g/mol. The monoisotopic (exact) mass is 360 g/mol. The highest BCUT2D eigenvalue weighted by Crippen LogP contribution is 2.59. The van der Waals surface area contributed by atoms with Crippen molar-refractivity contribution in [3.05, 3.63) is 39.4 Å². The molecular weight excluding hydrogens is 347 g/mol. The molecule has 0 radical (unpaired) electrons. The van der Waals surface area contributed by atoms with E-state index in [1.807, 2.05) is 13.8 Å². The number of carbonyl (C=O) groups excluding carboxylic acids is 1. The van der Waals surface area contributed by atoms with Gasteiger partial charge in [0.25, 0.3) is 0 Å². The molecular formula is C15H15Cl3N2O2. The molecule has 0 aromatic heterocycles. The van der Waals surface area contributed by atoms with E-state index in [1.54, 1.807) is 18.2 Å². The quantitative estimate of drug-likeness (QED) is 0.627. The molecule has 118 valence electrons. The molecule has 2 unspecified atom stereocenters. The topological polar surface area (TPSA) is 61.7 Å². The molecule has 4 nitrogen and oxygen atoms in total. The third-order valence-corrected chi connectivity index (χ3v) is 4.35. The predicted molar refractivity (Wildman–Crippen MR) is 89.4 cm³/mol. The summed E-state index contributed by atoms with van der Waals surface area (Å²) in [6.07, 6.45) is 3.01. The van der Waals surface area contributed by atoms with E-state index in [4.69, 9.17) is 34.8 Å². The van der Waals surface area contributed by atoms with E-state index >= 15 is 0 Å². The molecule has 0 spiro atoms. The lowest BCUT2D eigenvalue weighted by Crippen LogP contribution is -2.21. The normalized spacial score (nSPS) is 22.4. The first-order valence-electron chi connectivity index (χ1n) is 6.57. The van der Waals surface area contributed by atoms with Gasteiger partial charge in [-0.25, -0.2) is 5.43 Å². The van der Waals surface area contributed by atoms with Crippen LogP contribution in [0.25, 0.3) is 0 Å². The maximum atomic E-state index is 12.1. The van der Waals surface area contributed by atoms with Crippen LogP contribution in [0.4, 0.5) is 0 Å². The van der Waals surface area contributed by atoms with Gasteiger partial charge >= 0.3 is 0 Å². The fourth-order valence-corrected chi connectivity index (χ4v) is 2.94. The van der Waals surface area contributed by atoms with Gasteiger partial charge < -0.3 is 5.11 Å². The molecule has 1 saturated carbocycles. The zero-order chi connectivity index (χ0) is 16.5. The lowest BCUT2D eigenvalue weighted by Gasteiger charge is -2.02. The highest BCUT2D eigenvalue weighted by Gasteiger charge is 2.60. The van der Waals surface area contributed by atoms with E-state index in [0.29, 0.717) is 10.6 Å². The Hall–Kier alpha value is -1.23. The first kappa shape index (κ1) is 17.1. The van der Waals surface area contributed by atoms with Crippen LogP contribution in [-0.4, -0.2) is 17.2 Å². The summed E-state index contributed by atoms with van der Waals surface area (Å²) in [5.74, 6) is -0.458. The number of halogens is 3. The van der Waals surface area contributed by atoms with E-state index in [2.05, 4.69) is 10.5 Å². The Bertz CT molecular complexity index is 652. The molecule has 1 aromatic rings. The second kappa shape index (κ2) is 6.49. The first-order valence-corrected chi connectivity index (χ1v) is 7.71. The Kier molecular flexibility index (Phi) is 5.05. The second-order valence-electron chi connectivity index (χ2n) is 5.72. The summed E-state index contributed by atoms with van der Waals surface area (Å²) in [5, 5.41) is 14.0. The number of nitrogens with one attached hydrogen (secondary N) is 1. The Labute approximate surface area is 143 Å². The molecule has 0 aliphatic heterocycles. The first-order chi connectivity index (χ1) is 10.2. The summed E-state index contributed by atoms with van der Waals surface area (Å²) < 4.78 is 0.153. The number of phenols is 1. The van der Waals surface area contributed by atoms with Crippen LogP contribution < -0.4 is 5.43 Å². The molecule has 22 heavy (non-hydrogen) atoms. The fraction of sp³-hybridized carbons (Fsp3) is 0.333. The van der Waals surface area contributed by atoms with E-state index < -0.39 is 0 Å². The minimum atomic E-state index is -0.245. The molecule has 0 bridgehead atoms. The number of phenolic OH excluding ortho intramolecular Hbond substituents is 1. The summed E-state index contributed by atoms with van der Waals surface area (Å²) in [5.41, 5.74) is 2.66. The van der Waals surface area contributed by atoms with Crippen molar-refractivity contribution in [1.82, 2.24) is 5.43 Å². The van der Waals surface area contributed by atoms with Crippen molar-refractivity contribution < 1.29 is 9.90 Å². The number of hydrazone groups is 1. The number of benzene rings is 1. The molecule has 1 aliphatic rings. The molecule has 0 saturated heterocycles. The molecule has 0 heterocycles. The van der Waals surface area contributed by atoms with Crippen molar-refractivity contribution in [1.29, 1.82) is 0 Å². The number of amides is 1. The summed E-state index contributed by atoms with van der Waals surface area (Å²) in [4.78, 5) is 12.1. The number of nitrogens with zero attached hydrogens (tertiary/aromatic N) is 1. The minimum Gasteiger partial charge on any atom is -0.507 e. The summed E-state index contributed by atoms with van der Waals surface area (Å²) in [6.45, 7) is 3.92. The van der Waals surface area contributed by atoms with Crippen LogP contribution in [0.5, 0.6) is 5.75 Å². The zero-order valence-corrected chi connectivity index (χ0v) is 14.2. The fourth-order valence-electron chi connectivity index (χ4n) is 2.49.